The summed E-state index contributed by atoms with van der Waals surface area (Å²) >= 11 is 0. The van der Waals surface area contributed by atoms with Crippen LogP contribution in [0.2, 0.25) is 0 Å². The van der Waals surface area contributed by atoms with Gasteiger partial charge in [-0.2, -0.15) is 18.4 Å². The number of carbonyl (C=O) groups excluding carboxylic acids is 2. The van der Waals surface area contributed by atoms with E-state index in [-0.39, 0.29) is 12.1 Å². The number of aryl methyl sites for hydroxylation is 1. The van der Waals surface area contributed by atoms with Gasteiger partial charge in [-0.05, 0) is 56.5 Å². The average molecular weight is 475 g/mol. The van der Waals surface area contributed by atoms with Gasteiger partial charge in [0.1, 0.15) is 18.2 Å². The Labute approximate surface area is 197 Å². The topological polar surface area (TPSA) is 78.1 Å². The zero-order valence-corrected chi connectivity index (χ0v) is 20.0. The molecule has 0 bridgehead atoms. The van der Waals surface area contributed by atoms with Crippen molar-refractivity contribution in [1.29, 1.82) is 5.26 Å². The number of para-hydroxylation sites is 1. The number of hydrogen-bond donors (Lipinski definition) is 1. The summed E-state index contributed by atoms with van der Waals surface area (Å²) < 4.78 is 41.7. The molecule has 1 aromatic heterocycles. The Morgan fingerprint density at radius 3 is 2.44 bits per heavy atom. The standard InChI is InChI=1S/C25H29F3N4O2/c1-6-31(15-23(33)30-22-10-8-7-9-21(22)25(26,27)28)24(34)20(13-29)12-19-11-17(4)32(18(19)5)14-16(2)3/h7-12,16H,6,14-15H2,1-5H3,(H,30,33)/b20-12-. The molecule has 0 saturated heterocycles. The van der Waals surface area contributed by atoms with E-state index in [4.69, 9.17) is 0 Å². The largest absolute Gasteiger partial charge is 0.418 e. The minimum atomic E-state index is -4.64. The number of nitrogens with one attached hydrogen (secondary N) is 1. The molecule has 0 spiro atoms. The zero-order chi connectivity index (χ0) is 25.6. The lowest BCUT2D eigenvalue weighted by Crippen LogP contribution is -2.38. The molecule has 1 N–H and O–H groups in total. The van der Waals surface area contributed by atoms with Gasteiger partial charge in [0.2, 0.25) is 5.91 Å². The first kappa shape index (κ1) is 26.7. The van der Waals surface area contributed by atoms with Gasteiger partial charge in [0.25, 0.3) is 5.91 Å². The fourth-order valence-electron chi connectivity index (χ4n) is 3.62. The number of alkyl halides is 3. The SMILES string of the molecule is CCN(CC(=O)Nc1ccccc1C(F)(F)F)C(=O)/C(C#N)=C\c1cc(C)n(CC(C)C)c1C. The van der Waals surface area contributed by atoms with E-state index in [2.05, 4.69) is 23.7 Å². The van der Waals surface area contributed by atoms with E-state index < -0.39 is 35.8 Å². The first-order chi connectivity index (χ1) is 15.9. The first-order valence-corrected chi connectivity index (χ1v) is 10.9. The maximum absolute atomic E-state index is 13.2. The number of rotatable bonds is 8. The number of aromatic nitrogens is 1. The van der Waals surface area contributed by atoms with Crippen LogP contribution in [-0.2, 0) is 22.3 Å². The van der Waals surface area contributed by atoms with Crippen LogP contribution >= 0.6 is 0 Å². The number of nitrogens with zero attached hydrogens (tertiary/aromatic N) is 3. The molecule has 1 heterocycles. The van der Waals surface area contributed by atoms with Gasteiger partial charge in [0, 0.05) is 24.5 Å². The molecule has 0 fully saturated rings. The van der Waals surface area contributed by atoms with Crippen LogP contribution in [0.25, 0.3) is 6.08 Å². The molecule has 0 unspecified atom stereocenters. The number of halogens is 3. The van der Waals surface area contributed by atoms with Crippen molar-refractivity contribution < 1.29 is 22.8 Å². The number of carbonyl (C=O) groups is 2. The van der Waals surface area contributed by atoms with Crippen LogP contribution < -0.4 is 5.32 Å². The number of benzene rings is 1. The highest BCUT2D eigenvalue weighted by Crippen LogP contribution is 2.34. The molecule has 0 radical (unpaired) electrons. The average Bonchev–Trinajstić information content (AvgIpc) is 3.01. The summed E-state index contributed by atoms with van der Waals surface area (Å²) in [5, 5.41) is 11.8. The van der Waals surface area contributed by atoms with Crippen molar-refractivity contribution in [2.24, 2.45) is 5.92 Å². The lowest BCUT2D eigenvalue weighted by molar-refractivity contribution is -0.137. The Morgan fingerprint density at radius 2 is 1.88 bits per heavy atom. The summed E-state index contributed by atoms with van der Waals surface area (Å²) in [6, 6.07) is 8.39. The molecule has 34 heavy (non-hydrogen) atoms. The van der Waals surface area contributed by atoms with Crippen molar-refractivity contribution in [3.63, 3.8) is 0 Å². The molecule has 9 heteroatoms. The third-order valence-electron chi connectivity index (χ3n) is 5.32. The maximum atomic E-state index is 13.2. The molecule has 1 aromatic carbocycles. The quantitative estimate of drug-likeness (QED) is 0.423. The summed E-state index contributed by atoms with van der Waals surface area (Å²) in [5.41, 5.74) is 1.11. The zero-order valence-electron chi connectivity index (χ0n) is 20.0. The minimum absolute atomic E-state index is 0.0958. The molecule has 0 aliphatic heterocycles. The summed E-state index contributed by atoms with van der Waals surface area (Å²) in [7, 11) is 0. The minimum Gasteiger partial charge on any atom is -0.348 e. The second-order valence-electron chi connectivity index (χ2n) is 8.41. The Hall–Kier alpha value is -3.54. The van der Waals surface area contributed by atoms with Crippen LogP contribution in [0.4, 0.5) is 18.9 Å². The second kappa shape index (κ2) is 11.1. The van der Waals surface area contributed by atoms with Gasteiger partial charge < -0.3 is 14.8 Å². The van der Waals surface area contributed by atoms with Crippen LogP contribution in [0.1, 0.15) is 43.3 Å². The van der Waals surface area contributed by atoms with E-state index in [1.165, 1.54) is 18.2 Å². The Balaban J connectivity index is 2.23. The van der Waals surface area contributed by atoms with Crippen LogP contribution in [0.3, 0.4) is 0 Å². The van der Waals surface area contributed by atoms with Crippen LogP contribution in [0.5, 0.6) is 0 Å². The molecule has 2 rings (SSSR count). The molecule has 2 aromatic rings. The molecule has 0 atom stereocenters. The number of amides is 2. The van der Waals surface area contributed by atoms with Crippen molar-refractivity contribution in [3.8, 4) is 6.07 Å². The van der Waals surface area contributed by atoms with Crippen LogP contribution in [0, 0.1) is 31.1 Å². The lowest BCUT2D eigenvalue weighted by atomic mass is 10.1. The predicted octanol–water partition coefficient (Wildman–Crippen LogP) is 5.17. The number of hydrogen-bond acceptors (Lipinski definition) is 3. The number of likely N-dealkylation sites (N-methyl/N-ethyl adjacent to an activating group) is 1. The fraction of sp³-hybridized carbons (Fsp3) is 0.400. The van der Waals surface area contributed by atoms with Crippen molar-refractivity contribution in [3.05, 3.63) is 58.4 Å². The Bertz CT molecular complexity index is 1120. The summed E-state index contributed by atoms with van der Waals surface area (Å²) in [6.07, 6.45) is -3.15. The predicted molar refractivity (Wildman–Crippen MR) is 125 cm³/mol. The summed E-state index contributed by atoms with van der Waals surface area (Å²) in [4.78, 5) is 26.6. The number of nitriles is 1. The molecule has 2 amide bonds. The van der Waals surface area contributed by atoms with E-state index in [1.54, 1.807) is 6.92 Å². The van der Waals surface area contributed by atoms with Crippen LogP contribution in [-0.4, -0.2) is 34.4 Å². The molecule has 0 saturated carbocycles. The Kier molecular flexibility index (Phi) is 8.68. The van der Waals surface area contributed by atoms with Gasteiger partial charge in [-0.25, -0.2) is 0 Å². The third kappa shape index (κ3) is 6.50. The van der Waals surface area contributed by atoms with Gasteiger partial charge >= 0.3 is 6.18 Å². The van der Waals surface area contributed by atoms with Gasteiger partial charge in [0.05, 0.1) is 11.3 Å². The molecule has 6 nitrogen and oxygen atoms in total. The summed E-state index contributed by atoms with van der Waals surface area (Å²) in [6.45, 7) is 10.1. The third-order valence-corrected chi connectivity index (χ3v) is 5.32. The molecule has 182 valence electrons. The highest BCUT2D eigenvalue weighted by molar-refractivity contribution is 6.04. The normalized spacial score (nSPS) is 11.9. The number of anilines is 1. The molecular weight excluding hydrogens is 445 g/mol. The van der Waals surface area contributed by atoms with Gasteiger partial charge in [0.15, 0.2) is 0 Å². The molecule has 0 aliphatic rings. The van der Waals surface area contributed by atoms with Crippen LogP contribution in [0.15, 0.2) is 35.9 Å². The second-order valence-corrected chi connectivity index (χ2v) is 8.41. The van der Waals surface area contributed by atoms with E-state index in [0.29, 0.717) is 5.92 Å². The monoisotopic (exact) mass is 474 g/mol. The Morgan fingerprint density at radius 1 is 1.24 bits per heavy atom. The van der Waals surface area contributed by atoms with Crippen molar-refractivity contribution in [1.82, 2.24) is 9.47 Å². The summed E-state index contributed by atoms with van der Waals surface area (Å²) in [5.74, 6) is -1.05. The van der Waals surface area contributed by atoms with Gasteiger partial charge in [-0.3, -0.25) is 9.59 Å². The highest BCUT2D eigenvalue weighted by Gasteiger charge is 2.33. The van der Waals surface area contributed by atoms with E-state index in [1.807, 2.05) is 26.0 Å². The molecular formula is C25H29F3N4O2. The van der Waals surface area contributed by atoms with E-state index in [0.717, 1.165) is 40.5 Å². The van der Waals surface area contributed by atoms with Crippen molar-refractivity contribution in [2.75, 3.05) is 18.4 Å². The lowest BCUT2D eigenvalue weighted by Gasteiger charge is -2.21. The van der Waals surface area contributed by atoms with Gasteiger partial charge in [-0.15, -0.1) is 0 Å². The fourth-order valence-corrected chi connectivity index (χ4v) is 3.62. The van der Waals surface area contributed by atoms with E-state index >= 15 is 0 Å². The van der Waals surface area contributed by atoms with Crippen molar-refractivity contribution in [2.45, 2.75) is 47.3 Å². The maximum Gasteiger partial charge on any atom is 0.418 e. The highest BCUT2D eigenvalue weighted by atomic mass is 19.4. The van der Waals surface area contributed by atoms with Gasteiger partial charge in [-0.1, -0.05) is 26.0 Å². The molecule has 0 aliphatic carbocycles. The van der Waals surface area contributed by atoms with E-state index in [9.17, 15) is 28.0 Å². The van der Waals surface area contributed by atoms with Crippen molar-refractivity contribution >= 4 is 23.6 Å². The smallest absolute Gasteiger partial charge is 0.348 e. The first-order valence-electron chi connectivity index (χ1n) is 10.9.